The summed E-state index contributed by atoms with van der Waals surface area (Å²) in [5.74, 6) is -1.20. The number of carbonyl (C=O) groups is 1. The lowest BCUT2D eigenvalue weighted by Crippen LogP contribution is -2.42. The van der Waals surface area contributed by atoms with Gasteiger partial charge in [-0.3, -0.25) is 4.79 Å². The van der Waals surface area contributed by atoms with Gasteiger partial charge in [0.25, 0.3) is 0 Å². The fraction of sp³-hybridized carbons (Fsp3) is 0.267. The maximum absolute atomic E-state index is 12.4. The summed E-state index contributed by atoms with van der Waals surface area (Å²) in [6, 6.07) is 9.29. The summed E-state index contributed by atoms with van der Waals surface area (Å²) >= 11 is 1.37. The number of carboxylic acid groups (broad SMARTS) is 1. The number of nitrogens with one attached hydrogen (secondary N) is 1. The van der Waals surface area contributed by atoms with Crippen LogP contribution in [0.2, 0.25) is 0 Å². The molecule has 1 aromatic carbocycles. The van der Waals surface area contributed by atoms with E-state index >= 15 is 0 Å². The molecule has 2 N–H and O–H groups in total. The van der Waals surface area contributed by atoms with Crippen molar-refractivity contribution in [1.29, 1.82) is 0 Å². The Labute approximate surface area is 133 Å². The van der Waals surface area contributed by atoms with Gasteiger partial charge in [0.1, 0.15) is 6.04 Å². The van der Waals surface area contributed by atoms with Gasteiger partial charge in [0.2, 0.25) is 10.0 Å². The van der Waals surface area contributed by atoms with E-state index in [1.807, 2.05) is 13.0 Å². The number of thiophene rings is 1. The Balaban J connectivity index is 2.24. The van der Waals surface area contributed by atoms with Crippen LogP contribution in [-0.4, -0.2) is 25.5 Å². The Kier molecular flexibility index (Phi) is 5.00. The molecule has 0 unspecified atom stereocenters. The quantitative estimate of drug-likeness (QED) is 0.846. The Morgan fingerprint density at radius 3 is 2.41 bits per heavy atom. The van der Waals surface area contributed by atoms with Crippen LogP contribution in [0.3, 0.4) is 0 Å². The zero-order chi connectivity index (χ0) is 16.3. The van der Waals surface area contributed by atoms with E-state index in [0.717, 1.165) is 10.4 Å². The summed E-state index contributed by atoms with van der Waals surface area (Å²) in [7, 11) is -3.85. The number of hydrogen-bond donors (Lipinski definition) is 2. The molecule has 0 aliphatic rings. The summed E-state index contributed by atoms with van der Waals surface area (Å²) in [6.07, 6.45) is 0.0948. The highest BCUT2D eigenvalue weighted by Gasteiger charge is 2.27. The maximum atomic E-state index is 12.4. The first-order valence-corrected chi connectivity index (χ1v) is 8.95. The van der Waals surface area contributed by atoms with E-state index in [-0.39, 0.29) is 11.3 Å². The van der Waals surface area contributed by atoms with Gasteiger partial charge in [-0.15, -0.1) is 11.3 Å². The lowest BCUT2D eigenvalue weighted by molar-refractivity contribution is -0.138. The van der Waals surface area contributed by atoms with Crippen LogP contribution in [0.5, 0.6) is 0 Å². The maximum Gasteiger partial charge on any atom is 0.322 e. The van der Waals surface area contributed by atoms with E-state index in [4.69, 9.17) is 0 Å². The number of aryl methyl sites for hydroxylation is 2. The standard InChI is InChI=1S/C15H17NO4S2/c1-10-8-14(11(2)21-10)22(19,20)16-13(15(17)18)9-12-6-4-3-5-7-12/h3-8,13,16H,9H2,1-2H3,(H,17,18)/t13-/m1/s1. The van der Waals surface area contributed by atoms with Gasteiger partial charge in [0.15, 0.2) is 0 Å². The normalized spacial score (nSPS) is 13.0. The molecule has 118 valence electrons. The highest BCUT2D eigenvalue weighted by Crippen LogP contribution is 2.25. The van der Waals surface area contributed by atoms with Crippen molar-refractivity contribution in [2.75, 3.05) is 0 Å². The van der Waals surface area contributed by atoms with Crippen molar-refractivity contribution in [1.82, 2.24) is 4.72 Å². The van der Waals surface area contributed by atoms with Crippen LogP contribution in [0.4, 0.5) is 0 Å². The number of benzene rings is 1. The van der Waals surface area contributed by atoms with Crippen molar-refractivity contribution in [3.63, 3.8) is 0 Å². The van der Waals surface area contributed by atoms with Crippen LogP contribution >= 0.6 is 11.3 Å². The predicted molar refractivity (Wildman–Crippen MR) is 85.7 cm³/mol. The molecule has 5 nitrogen and oxygen atoms in total. The Morgan fingerprint density at radius 1 is 1.27 bits per heavy atom. The summed E-state index contributed by atoms with van der Waals surface area (Å²) in [5.41, 5.74) is 0.760. The second kappa shape index (κ2) is 6.60. The van der Waals surface area contributed by atoms with Crippen LogP contribution in [-0.2, 0) is 21.2 Å². The van der Waals surface area contributed by atoms with E-state index in [1.165, 1.54) is 11.3 Å². The van der Waals surface area contributed by atoms with Gasteiger partial charge >= 0.3 is 5.97 Å². The van der Waals surface area contributed by atoms with Gasteiger partial charge in [0.05, 0.1) is 4.90 Å². The van der Waals surface area contributed by atoms with E-state index in [1.54, 1.807) is 37.3 Å². The molecular formula is C15H17NO4S2. The summed E-state index contributed by atoms with van der Waals surface area (Å²) in [6.45, 7) is 3.52. The highest BCUT2D eigenvalue weighted by molar-refractivity contribution is 7.89. The summed E-state index contributed by atoms with van der Waals surface area (Å²) < 4.78 is 27.1. The van der Waals surface area contributed by atoms with E-state index in [9.17, 15) is 18.3 Å². The molecule has 0 fully saturated rings. The van der Waals surface area contributed by atoms with Crippen molar-refractivity contribution in [2.45, 2.75) is 31.2 Å². The smallest absolute Gasteiger partial charge is 0.322 e. The first-order chi connectivity index (χ1) is 10.3. The van der Waals surface area contributed by atoms with E-state index in [0.29, 0.717) is 4.88 Å². The number of carboxylic acids is 1. The molecular weight excluding hydrogens is 322 g/mol. The minimum Gasteiger partial charge on any atom is -0.480 e. The number of aliphatic carboxylic acids is 1. The van der Waals surface area contributed by atoms with Crippen LogP contribution in [0, 0.1) is 13.8 Å². The molecule has 0 aliphatic heterocycles. The average Bonchev–Trinajstić information content (AvgIpc) is 2.79. The molecule has 0 amide bonds. The monoisotopic (exact) mass is 339 g/mol. The molecule has 1 aromatic heterocycles. The zero-order valence-corrected chi connectivity index (χ0v) is 13.9. The Bertz CT molecular complexity index is 766. The van der Waals surface area contributed by atoms with Gasteiger partial charge in [-0.2, -0.15) is 4.72 Å². The van der Waals surface area contributed by atoms with Gasteiger partial charge < -0.3 is 5.11 Å². The van der Waals surface area contributed by atoms with Crippen molar-refractivity contribution in [2.24, 2.45) is 0 Å². The molecule has 0 saturated carbocycles. The van der Waals surface area contributed by atoms with Gasteiger partial charge in [-0.25, -0.2) is 8.42 Å². The van der Waals surface area contributed by atoms with Crippen molar-refractivity contribution in [3.05, 3.63) is 51.7 Å². The summed E-state index contributed by atoms with van der Waals surface area (Å²) in [4.78, 5) is 13.0. The topological polar surface area (TPSA) is 83.5 Å². The molecule has 1 heterocycles. The van der Waals surface area contributed by atoms with Gasteiger partial charge in [-0.1, -0.05) is 30.3 Å². The zero-order valence-electron chi connectivity index (χ0n) is 12.2. The lowest BCUT2D eigenvalue weighted by Gasteiger charge is -2.14. The van der Waals surface area contributed by atoms with Crippen molar-refractivity contribution >= 4 is 27.3 Å². The van der Waals surface area contributed by atoms with Crippen molar-refractivity contribution < 1.29 is 18.3 Å². The second-order valence-corrected chi connectivity index (χ2v) is 8.12. The molecule has 1 atom stereocenters. The third kappa shape index (κ3) is 3.94. The highest BCUT2D eigenvalue weighted by atomic mass is 32.2. The fourth-order valence-electron chi connectivity index (χ4n) is 2.15. The minimum atomic E-state index is -3.85. The number of sulfonamides is 1. The molecule has 0 aliphatic carbocycles. The minimum absolute atomic E-state index is 0.0948. The van der Waals surface area contributed by atoms with Crippen LogP contribution in [0.1, 0.15) is 15.3 Å². The first kappa shape index (κ1) is 16.7. The largest absolute Gasteiger partial charge is 0.480 e. The molecule has 2 rings (SSSR count). The van der Waals surface area contributed by atoms with Gasteiger partial charge in [-0.05, 0) is 31.9 Å². The molecule has 0 saturated heterocycles. The van der Waals surface area contributed by atoms with Crippen LogP contribution < -0.4 is 4.72 Å². The lowest BCUT2D eigenvalue weighted by atomic mass is 10.1. The SMILES string of the molecule is Cc1cc(S(=O)(=O)N[C@H](Cc2ccccc2)C(=O)O)c(C)s1. The molecule has 2 aromatic rings. The fourth-order valence-corrected chi connectivity index (χ4v) is 4.90. The second-order valence-electron chi connectivity index (χ2n) is 4.98. The molecule has 7 heteroatoms. The van der Waals surface area contributed by atoms with Crippen LogP contribution in [0.15, 0.2) is 41.3 Å². The molecule has 0 bridgehead atoms. The first-order valence-electron chi connectivity index (χ1n) is 6.65. The van der Waals surface area contributed by atoms with Gasteiger partial charge in [0, 0.05) is 9.75 Å². The average molecular weight is 339 g/mol. The molecule has 22 heavy (non-hydrogen) atoms. The van der Waals surface area contributed by atoms with Crippen LogP contribution in [0.25, 0.3) is 0 Å². The predicted octanol–water partition coefficient (Wildman–Crippen LogP) is 2.34. The number of rotatable bonds is 6. The Morgan fingerprint density at radius 2 is 1.91 bits per heavy atom. The van der Waals surface area contributed by atoms with E-state index < -0.39 is 22.0 Å². The molecule has 0 radical (unpaired) electrons. The number of hydrogen-bond acceptors (Lipinski definition) is 4. The van der Waals surface area contributed by atoms with E-state index in [2.05, 4.69) is 4.72 Å². The summed E-state index contributed by atoms with van der Waals surface area (Å²) in [5, 5.41) is 9.29. The Hall–Kier alpha value is -1.70. The third-order valence-electron chi connectivity index (χ3n) is 3.16. The third-order valence-corrected chi connectivity index (χ3v) is 5.86. The molecule has 0 spiro atoms. The van der Waals surface area contributed by atoms with Crippen molar-refractivity contribution in [3.8, 4) is 0 Å².